The van der Waals surface area contributed by atoms with Gasteiger partial charge < -0.3 is 25.0 Å². The average Bonchev–Trinajstić information content (AvgIpc) is 3.26. The van der Waals surface area contributed by atoms with Crippen molar-refractivity contribution in [2.45, 2.75) is 45.8 Å². The molecule has 198 valence electrons. The predicted molar refractivity (Wildman–Crippen MR) is 135 cm³/mol. The van der Waals surface area contributed by atoms with Crippen LogP contribution < -0.4 is 14.8 Å². The van der Waals surface area contributed by atoms with Gasteiger partial charge in [0.1, 0.15) is 29.5 Å². The highest BCUT2D eigenvalue weighted by molar-refractivity contribution is 5.93. The fourth-order valence-electron chi connectivity index (χ4n) is 3.32. The smallest absolute Gasteiger partial charge is 0.305 e. The monoisotopic (exact) mass is 513 g/mol. The number of aromatic nitrogens is 2. The van der Waals surface area contributed by atoms with Crippen molar-refractivity contribution in [3.05, 3.63) is 71.7 Å². The molecule has 0 aliphatic rings. The number of amides is 1. The molecule has 3 rings (SSSR count). The highest BCUT2D eigenvalue weighted by Gasteiger charge is 2.36. The molecular formula is C27H32FN3O6. The van der Waals surface area contributed by atoms with Gasteiger partial charge >= 0.3 is 5.97 Å². The van der Waals surface area contributed by atoms with Crippen molar-refractivity contribution in [3.63, 3.8) is 0 Å². The fourth-order valence-corrected chi connectivity index (χ4v) is 3.32. The molecule has 0 bridgehead atoms. The molecule has 0 radical (unpaired) electrons. The molecular weight excluding hydrogens is 481 g/mol. The lowest BCUT2D eigenvalue weighted by atomic mass is 9.78. The first-order valence-electron chi connectivity index (χ1n) is 11.7. The van der Waals surface area contributed by atoms with Crippen molar-refractivity contribution < 1.29 is 33.7 Å². The standard InChI is InChI=1S/C27H32FN3O6/c1-26(2,3)27(4,35)16-37-23-14-21(30-31(23)22-12-7-6-11-19(22)28)25(34)29-20(15-24(32)33)17-9-8-10-18(13-17)36-5/h6-14,20,35H,15-16H2,1-5H3,(H,29,34)(H,32,33). The molecule has 0 aliphatic heterocycles. The molecule has 3 aromatic rings. The lowest BCUT2D eigenvalue weighted by Gasteiger charge is -2.36. The van der Waals surface area contributed by atoms with Crippen LogP contribution in [0.3, 0.4) is 0 Å². The third-order valence-corrected chi connectivity index (χ3v) is 6.29. The molecule has 2 unspecified atom stereocenters. The summed E-state index contributed by atoms with van der Waals surface area (Å²) in [6.07, 6.45) is -0.384. The average molecular weight is 514 g/mol. The number of hydrogen-bond donors (Lipinski definition) is 3. The molecule has 1 amide bonds. The summed E-state index contributed by atoms with van der Waals surface area (Å²) in [5, 5.41) is 27.2. The van der Waals surface area contributed by atoms with E-state index in [2.05, 4.69) is 10.4 Å². The third kappa shape index (κ3) is 6.65. The van der Waals surface area contributed by atoms with Gasteiger partial charge in [0, 0.05) is 6.07 Å². The van der Waals surface area contributed by atoms with Crippen molar-refractivity contribution in [1.82, 2.24) is 15.1 Å². The van der Waals surface area contributed by atoms with Crippen LogP contribution in [0, 0.1) is 11.2 Å². The van der Waals surface area contributed by atoms with E-state index in [1.165, 1.54) is 31.4 Å². The first-order valence-corrected chi connectivity index (χ1v) is 11.7. The number of aliphatic hydroxyl groups is 1. The van der Waals surface area contributed by atoms with Crippen LogP contribution in [0.25, 0.3) is 5.69 Å². The molecule has 0 spiro atoms. The second-order valence-corrected chi connectivity index (χ2v) is 9.94. The van der Waals surface area contributed by atoms with Gasteiger partial charge in [0.25, 0.3) is 5.91 Å². The Hall–Kier alpha value is -3.92. The number of hydrogen-bond acceptors (Lipinski definition) is 6. The van der Waals surface area contributed by atoms with Gasteiger partial charge in [-0.3, -0.25) is 9.59 Å². The molecule has 0 saturated carbocycles. The second-order valence-electron chi connectivity index (χ2n) is 9.94. The normalized spacial score (nSPS) is 13.9. The van der Waals surface area contributed by atoms with E-state index in [0.29, 0.717) is 11.3 Å². The summed E-state index contributed by atoms with van der Waals surface area (Å²) < 4.78 is 26.8. The number of carboxylic acids is 1. The quantitative estimate of drug-likeness (QED) is 0.372. The van der Waals surface area contributed by atoms with Crippen molar-refractivity contribution >= 4 is 11.9 Å². The molecule has 9 nitrogen and oxygen atoms in total. The molecule has 10 heteroatoms. The molecule has 1 aromatic heterocycles. The van der Waals surface area contributed by atoms with Crippen LogP contribution in [0.2, 0.25) is 0 Å². The number of rotatable bonds is 10. The summed E-state index contributed by atoms with van der Waals surface area (Å²) in [6, 6.07) is 13.0. The Kier molecular flexibility index (Phi) is 8.22. The minimum atomic E-state index is -1.25. The number of benzene rings is 2. The lowest BCUT2D eigenvalue weighted by molar-refractivity contribution is -0.137. The van der Waals surface area contributed by atoms with Crippen molar-refractivity contribution in [2.24, 2.45) is 5.41 Å². The number of methoxy groups -OCH3 is 1. The van der Waals surface area contributed by atoms with E-state index in [0.717, 1.165) is 4.68 Å². The van der Waals surface area contributed by atoms with Crippen molar-refractivity contribution in [3.8, 4) is 17.3 Å². The lowest BCUT2D eigenvalue weighted by Crippen LogP contribution is -2.45. The molecule has 0 aliphatic carbocycles. The minimum Gasteiger partial charge on any atom is -0.497 e. The Morgan fingerprint density at radius 2 is 1.81 bits per heavy atom. The Labute approximate surface area is 214 Å². The summed E-state index contributed by atoms with van der Waals surface area (Å²) in [5.41, 5.74) is -1.33. The molecule has 3 N–H and O–H groups in total. The summed E-state index contributed by atoms with van der Waals surface area (Å²) in [7, 11) is 1.48. The van der Waals surface area contributed by atoms with Crippen LogP contribution in [0.1, 0.15) is 56.2 Å². The van der Waals surface area contributed by atoms with E-state index in [1.54, 1.807) is 37.3 Å². The highest BCUT2D eigenvalue weighted by atomic mass is 19.1. The van der Waals surface area contributed by atoms with Gasteiger partial charge in [0.05, 0.1) is 19.6 Å². The minimum absolute atomic E-state index is 0.0379. The molecule has 2 atom stereocenters. The molecule has 0 fully saturated rings. The van der Waals surface area contributed by atoms with Crippen LogP contribution in [0.15, 0.2) is 54.6 Å². The van der Waals surface area contributed by atoms with Crippen LogP contribution in [0.5, 0.6) is 11.6 Å². The Morgan fingerprint density at radius 3 is 2.43 bits per heavy atom. The van der Waals surface area contributed by atoms with Gasteiger partial charge in [-0.1, -0.05) is 45.0 Å². The van der Waals surface area contributed by atoms with E-state index in [1.807, 2.05) is 20.8 Å². The second kappa shape index (κ2) is 11.0. The topological polar surface area (TPSA) is 123 Å². The van der Waals surface area contributed by atoms with E-state index < -0.39 is 34.8 Å². The van der Waals surface area contributed by atoms with Crippen LogP contribution in [0.4, 0.5) is 4.39 Å². The fraction of sp³-hybridized carbons (Fsp3) is 0.370. The van der Waals surface area contributed by atoms with Gasteiger partial charge in [0.15, 0.2) is 5.69 Å². The van der Waals surface area contributed by atoms with Gasteiger partial charge in [-0.05, 0) is 42.2 Å². The van der Waals surface area contributed by atoms with Gasteiger partial charge in [-0.2, -0.15) is 9.78 Å². The number of aliphatic carboxylic acids is 1. The summed E-state index contributed by atoms with van der Waals surface area (Å²) in [4.78, 5) is 24.7. The molecule has 37 heavy (non-hydrogen) atoms. The number of carbonyl (C=O) groups is 2. The Morgan fingerprint density at radius 1 is 1.11 bits per heavy atom. The maximum absolute atomic E-state index is 14.6. The number of para-hydroxylation sites is 1. The largest absolute Gasteiger partial charge is 0.497 e. The maximum Gasteiger partial charge on any atom is 0.305 e. The van der Waals surface area contributed by atoms with Crippen LogP contribution in [-0.2, 0) is 4.79 Å². The number of nitrogens with zero attached hydrogens (tertiary/aromatic N) is 2. The zero-order chi connectivity index (χ0) is 27.4. The Balaban J connectivity index is 1.96. The predicted octanol–water partition coefficient (Wildman–Crippen LogP) is 4.14. The molecule has 2 aromatic carbocycles. The summed E-state index contributed by atoms with van der Waals surface area (Å²) >= 11 is 0. The Bertz CT molecular complexity index is 1270. The van der Waals surface area contributed by atoms with Gasteiger partial charge in [0.2, 0.25) is 5.88 Å². The number of nitrogens with one attached hydrogen (secondary N) is 1. The summed E-state index contributed by atoms with van der Waals surface area (Å²) in [6.45, 7) is 7.03. The van der Waals surface area contributed by atoms with E-state index in [9.17, 15) is 24.2 Å². The van der Waals surface area contributed by atoms with Crippen molar-refractivity contribution in [1.29, 1.82) is 0 Å². The zero-order valence-electron chi connectivity index (χ0n) is 21.5. The first kappa shape index (κ1) is 27.7. The first-order chi connectivity index (χ1) is 17.3. The highest BCUT2D eigenvalue weighted by Crippen LogP contribution is 2.31. The molecule has 0 saturated heterocycles. The third-order valence-electron chi connectivity index (χ3n) is 6.29. The summed E-state index contributed by atoms with van der Waals surface area (Å²) in [5.74, 6) is -1.84. The van der Waals surface area contributed by atoms with Crippen LogP contribution in [-0.4, -0.2) is 51.2 Å². The van der Waals surface area contributed by atoms with Gasteiger partial charge in [-0.15, -0.1) is 0 Å². The number of ether oxygens (including phenoxy) is 2. The van der Waals surface area contributed by atoms with Crippen molar-refractivity contribution in [2.75, 3.05) is 13.7 Å². The number of halogens is 1. The number of carboxylic acid groups (broad SMARTS) is 1. The van der Waals surface area contributed by atoms with E-state index in [4.69, 9.17) is 9.47 Å². The zero-order valence-corrected chi connectivity index (χ0v) is 21.5. The van der Waals surface area contributed by atoms with Crippen LogP contribution >= 0.6 is 0 Å². The SMILES string of the molecule is COc1cccc(C(CC(=O)O)NC(=O)c2cc(OCC(C)(O)C(C)(C)C)n(-c3ccccc3F)n2)c1. The maximum atomic E-state index is 14.6. The van der Waals surface area contributed by atoms with Gasteiger partial charge in [-0.25, -0.2) is 4.39 Å². The van der Waals surface area contributed by atoms with E-state index in [-0.39, 0.29) is 30.3 Å². The molecule has 1 heterocycles. The van der Waals surface area contributed by atoms with E-state index >= 15 is 0 Å². The number of carbonyl (C=O) groups excluding carboxylic acids is 1.